The Morgan fingerprint density at radius 2 is 2.26 bits per heavy atom. The van der Waals surface area contributed by atoms with Crippen LogP contribution in [0.25, 0.3) is 10.9 Å². The van der Waals surface area contributed by atoms with Crippen LogP contribution in [0.3, 0.4) is 0 Å². The molecule has 0 aliphatic heterocycles. The van der Waals surface area contributed by atoms with E-state index in [0.717, 1.165) is 0 Å². The van der Waals surface area contributed by atoms with Crippen LogP contribution in [0.15, 0.2) is 52.4 Å². The average Bonchev–Trinajstić information content (AvgIpc) is 3.16. The van der Waals surface area contributed by atoms with Crippen LogP contribution in [0, 0.1) is 10.1 Å². The van der Waals surface area contributed by atoms with Crippen molar-refractivity contribution in [1.82, 2.24) is 4.98 Å². The van der Waals surface area contributed by atoms with E-state index < -0.39 is 10.9 Å². The first-order valence-electron chi connectivity index (χ1n) is 8.04. The summed E-state index contributed by atoms with van der Waals surface area (Å²) in [5, 5.41) is 15.4. The number of carbonyl (C=O) groups excluding carboxylic acids is 1. The first-order chi connectivity index (χ1) is 13.1. The van der Waals surface area contributed by atoms with E-state index in [4.69, 9.17) is 14.0 Å². The highest BCUT2D eigenvalue weighted by Gasteiger charge is 2.22. The number of furan rings is 1. The maximum atomic E-state index is 12.3. The van der Waals surface area contributed by atoms with Gasteiger partial charge in [0, 0.05) is 17.8 Å². The summed E-state index contributed by atoms with van der Waals surface area (Å²) < 4.78 is 10.6. The summed E-state index contributed by atoms with van der Waals surface area (Å²) in [7, 11) is 0. The highest BCUT2D eigenvalue weighted by atomic mass is 16.6. The monoisotopic (exact) mass is 369 g/mol. The van der Waals surface area contributed by atoms with Crippen molar-refractivity contribution in [3.05, 3.63) is 64.2 Å². The number of esters is 1. The SMILES string of the molecule is CCO/N=C/c1cc([N+](=O)[O-])c2cccnc2c1OC(=O)Cc1ccco1. The molecule has 9 nitrogen and oxygen atoms in total. The lowest BCUT2D eigenvalue weighted by atomic mass is 10.1. The van der Waals surface area contributed by atoms with Gasteiger partial charge in [0.15, 0.2) is 5.75 Å². The third-order valence-corrected chi connectivity index (χ3v) is 3.56. The number of pyridine rings is 1. The number of hydrogen-bond donors (Lipinski definition) is 0. The molecule has 0 N–H and O–H groups in total. The molecule has 0 aliphatic rings. The number of nitro benzene ring substituents is 1. The lowest BCUT2D eigenvalue weighted by molar-refractivity contribution is -0.383. The lowest BCUT2D eigenvalue weighted by Gasteiger charge is -2.10. The molecule has 3 aromatic rings. The number of aromatic nitrogens is 1. The normalized spacial score (nSPS) is 11.0. The molecule has 0 saturated carbocycles. The molecule has 0 fully saturated rings. The molecule has 27 heavy (non-hydrogen) atoms. The number of ether oxygens (including phenoxy) is 1. The van der Waals surface area contributed by atoms with Crippen LogP contribution in [0.2, 0.25) is 0 Å². The molecular formula is C18H15N3O6. The van der Waals surface area contributed by atoms with Crippen LogP contribution in [0.4, 0.5) is 5.69 Å². The van der Waals surface area contributed by atoms with Gasteiger partial charge in [-0.05, 0) is 31.2 Å². The van der Waals surface area contributed by atoms with Crippen LogP contribution < -0.4 is 4.74 Å². The molecule has 0 radical (unpaired) electrons. The van der Waals surface area contributed by atoms with Crippen LogP contribution in [0.1, 0.15) is 18.2 Å². The van der Waals surface area contributed by atoms with Crippen molar-refractivity contribution in [2.45, 2.75) is 13.3 Å². The van der Waals surface area contributed by atoms with Crippen molar-refractivity contribution in [2.24, 2.45) is 5.16 Å². The second-order valence-corrected chi connectivity index (χ2v) is 5.35. The molecule has 138 valence electrons. The van der Waals surface area contributed by atoms with Gasteiger partial charge >= 0.3 is 5.97 Å². The molecule has 2 aromatic heterocycles. The summed E-state index contributed by atoms with van der Waals surface area (Å²) in [6.07, 6.45) is 4.06. The minimum absolute atomic E-state index is 0.0659. The predicted molar refractivity (Wildman–Crippen MR) is 95.7 cm³/mol. The van der Waals surface area contributed by atoms with Gasteiger partial charge in [0.2, 0.25) is 0 Å². The Morgan fingerprint density at radius 1 is 1.41 bits per heavy atom. The fourth-order valence-corrected chi connectivity index (χ4v) is 2.45. The Kier molecular flexibility index (Phi) is 5.41. The second kappa shape index (κ2) is 8.09. The molecule has 0 unspecified atom stereocenters. The zero-order chi connectivity index (χ0) is 19.2. The lowest BCUT2D eigenvalue weighted by Crippen LogP contribution is -2.13. The quantitative estimate of drug-likeness (QED) is 0.206. The standard InChI is InChI=1S/C18H15N3O6/c1-2-26-20-11-12-9-15(21(23)24)14-6-3-7-19-17(14)18(12)27-16(22)10-13-5-4-8-25-13/h3-9,11H,2,10H2,1H3/b20-11+. The molecule has 9 heteroatoms. The number of nitro groups is 1. The van der Waals surface area contributed by atoms with Crippen molar-refractivity contribution in [1.29, 1.82) is 0 Å². The van der Waals surface area contributed by atoms with Gasteiger partial charge in [-0.1, -0.05) is 5.16 Å². The fraction of sp³-hybridized carbons (Fsp3) is 0.167. The van der Waals surface area contributed by atoms with Gasteiger partial charge in [-0.3, -0.25) is 19.9 Å². The number of oxime groups is 1. The Hall–Kier alpha value is -3.75. The molecule has 0 aliphatic carbocycles. The van der Waals surface area contributed by atoms with Gasteiger partial charge in [0.05, 0.1) is 22.8 Å². The smallest absolute Gasteiger partial charge is 0.318 e. The van der Waals surface area contributed by atoms with Crippen molar-refractivity contribution in [2.75, 3.05) is 6.61 Å². The molecule has 0 saturated heterocycles. The molecule has 2 heterocycles. The summed E-state index contributed by atoms with van der Waals surface area (Å²) in [6, 6.07) is 7.67. The molecule has 0 atom stereocenters. The number of non-ortho nitro benzene ring substituents is 1. The van der Waals surface area contributed by atoms with Gasteiger partial charge in [-0.25, -0.2) is 0 Å². The number of fused-ring (bicyclic) bond motifs is 1. The maximum absolute atomic E-state index is 12.3. The Labute approximate surface area is 153 Å². The van der Waals surface area contributed by atoms with E-state index in [0.29, 0.717) is 12.4 Å². The predicted octanol–water partition coefficient (Wildman–Crippen LogP) is 3.25. The highest BCUT2D eigenvalue weighted by Crippen LogP contribution is 2.34. The van der Waals surface area contributed by atoms with E-state index in [2.05, 4.69) is 10.1 Å². The molecular weight excluding hydrogens is 354 g/mol. The third kappa shape index (κ3) is 4.09. The van der Waals surface area contributed by atoms with Gasteiger partial charge in [0.1, 0.15) is 24.3 Å². The average molecular weight is 369 g/mol. The summed E-state index contributed by atoms with van der Waals surface area (Å²) >= 11 is 0. The third-order valence-electron chi connectivity index (χ3n) is 3.56. The summed E-state index contributed by atoms with van der Waals surface area (Å²) in [4.78, 5) is 32.3. The van der Waals surface area contributed by atoms with Crippen molar-refractivity contribution < 1.29 is 23.7 Å². The van der Waals surface area contributed by atoms with E-state index in [1.54, 1.807) is 25.1 Å². The zero-order valence-electron chi connectivity index (χ0n) is 14.3. The number of hydrogen-bond acceptors (Lipinski definition) is 8. The Bertz CT molecular complexity index is 998. The summed E-state index contributed by atoms with van der Waals surface area (Å²) in [5.74, 6) is -0.100. The molecule has 0 bridgehead atoms. The van der Waals surface area contributed by atoms with Gasteiger partial charge in [-0.15, -0.1) is 0 Å². The Morgan fingerprint density at radius 3 is 2.96 bits per heavy atom. The molecule has 0 spiro atoms. The number of carbonyl (C=O) groups is 1. The zero-order valence-corrected chi connectivity index (χ0v) is 14.3. The largest absolute Gasteiger partial charge is 0.469 e. The first kappa shape index (κ1) is 18.1. The van der Waals surface area contributed by atoms with Crippen LogP contribution in [-0.2, 0) is 16.1 Å². The molecule has 0 amide bonds. The van der Waals surface area contributed by atoms with Gasteiger partial charge in [0.25, 0.3) is 5.69 Å². The highest BCUT2D eigenvalue weighted by molar-refractivity contribution is 6.01. The van der Waals surface area contributed by atoms with E-state index >= 15 is 0 Å². The number of nitrogens with zero attached hydrogens (tertiary/aromatic N) is 3. The minimum Gasteiger partial charge on any atom is -0.469 e. The molecule has 3 rings (SSSR count). The minimum atomic E-state index is -0.600. The van der Waals surface area contributed by atoms with Gasteiger partial charge in [-0.2, -0.15) is 0 Å². The van der Waals surface area contributed by atoms with Crippen LogP contribution in [0.5, 0.6) is 5.75 Å². The van der Waals surface area contributed by atoms with Crippen molar-refractivity contribution in [3.8, 4) is 5.75 Å². The number of rotatable bonds is 7. The topological polar surface area (TPSA) is 117 Å². The van der Waals surface area contributed by atoms with E-state index in [9.17, 15) is 14.9 Å². The van der Waals surface area contributed by atoms with Gasteiger partial charge < -0.3 is 14.0 Å². The van der Waals surface area contributed by atoms with E-state index in [-0.39, 0.29) is 34.3 Å². The van der Waals surface area contributed by atoms with Crippen LogP contribution in [-0.4, -0.2) is 28.7 Å². The fourth-order valence-electron chi connectivity index (χ4n) is 2.45. The van der Waals surface area contributed by atoms with Crippen molar-refractivity contribution >= 4 is 28.8 Å². The Balaban J connectivity index is 2.07. The molecule has 1 aromatic carbocycles. The summed E-state index contributed by atoms with van der Waals surface area (Å²) in [6.45, 7) is 2.06. The maximum Gasteiger partial charge on any atom is 0.318 e. The first-order valence-corrected chi connectivity index (χ1v) is 8.04. The summed E-state index contributed by atoms with van der Waals surface area (Å²) in [5.41, 5.74) is 0.202. The number of benzene rings is 1. The van der Waals surface area contributed by atoms with E-state index in [1.165, 1.54) is 30.8 Å². The second-order valence-electron chi connectivity index (χ2n) is 5.35. The van der Waals surface area contributed by atoms with E-state index in [1.807, 2.05) is 0 Å². The van der Waals surface area contributed by atoms with Crippen molar-refractivity contribution in [3.63, 3.8) is 0 Å². The van der Waals surface area contributed by atoms with Crippen LogP contribution >= 0.6 is 0 Å².